The van der Waals surface area contributed by atoms with Crippen LogP contribution in [-0.4, -0.2) is 33.5 Å². The Morgan fingerprint density at radius 1 is 1.03 bits per heavy atom. The number of hydrogen-bond donors (Lipinski definition) is 1. The van der Waals surface area contributed by atoms with E-state index in [0.29, 0.717) is 22.7 Å². The second-order valence-electron chi connectivity index (χ2n) is 8.58. The Hall–Kier alpha value is -4.31. The Bertz CT molecular complexity index is 1470. The number of carbonyl (C=O) groups is 2. The lowest BCUT2D eigenvalue weighted by Gasteiger charge is -2.29. The van der Waals surface area contributed by atoms with Crippen molar-refractivity contribution in [3.63, 3.8) is 0 Å². The smallest absolute Gasteiger partial charge is 0.273 e. The molecule has 1 saturated heterocycles. The zero-order valence-electron chi connectivity index (χ0n) is 20.4. The zero-order chi connectivity index (χ0) is 26.3. The fourth-order valence-electron chi connectivity index (χ4n) is 4.40. The van der Waals surface area contributed by atoms with E-state index in [4.69, 9.17) is 17.0 Å². The molecule has 2 heterocycles. The van der Waals surface area contributed by atoms with Crippen molar-refractivity contribution in [2.45, 2.75) is 27.7 Å². The van der Waals surface area contributed by atoms with E-state index in [2.05, 4.69) is 5.32 Å². The third-order valence-corrected chi connectivity index (χ3v) is 6.24. The van der Waals surface area contributed by atoms with Gasteiger partial charge in [-0.25, -0.2) is 0 Å². The summed E-state index contributed by atoms with van der Waals surface area (Å²) < 4.78 is 7.26. The number of methoxy groups -OCH3 is 1. The van der Waals surface area contributed by atoms with E-state index in [1.54, 1.807) is 6.07 Å². The average molecular weight is 505 g/mol. The molecule has 3 aromatic rings. The molecule has 2 aromatic carbocycles. The van der Waals surface area contributed by atoms with Crippen LogP contribution in [0.2, 0.25) is 0 Å². The molecule has 36 heavy (non-hydrogen) atoms. The maximum atomic E-state index is 13.5. The van der Waals surface area contributed by atoms with Crippen molar-refractivity contribution in [1.82, 2.24) is 9.88 Å². The molecule has 0 atom stereocenters. The lowest BCUT2D eigenvalue weighted by molar-refractivity contribution is -0.384. The molecular formula is C26H24N4O5S. The van der Waals surface area contributed by atoms with Gasteiger partial charge in [0.15, 0.2) is 5.11 Å². The Kier molecular flexibility index (Phi) is 6.47. The van der Waals surface area contributed by atoms with Crippen molar-refractivity contribution in [2.24, 2.45) is 0 Å². The van der Waals surface area contributed by atoms with Gasteiger partial charge in [0.05, 0.1) is 29.5 Å². The molecule has 9 nitrogen and oxygen atoms in total. The molecule has 184 valence electrons. The number of non-ortho nitro benzene ring substituents is 1. The van der Waals surface area contributed by atoms with E-state index in [1.165, 1.54) is 30.2 Å². The van der Waals surface area contributed by atoms with Crippen molar-refractivity contribution < 1.29 is 19.2 Å². The number of aryl methyl sites for hydroxylation is 3. The Morgan fingerprint density at radius 2 is 1.69 bits per heavy atom. The van der Waals surface area contributed by atoms with Crippen LogP contribution >= 0.6 is 12.2 Å². The number of nitrogens with one attached hydrogen (secondary N) is 1. The number of nitrogens with zero attached hydrogens (tertiary/aromatic N) is 3. The van der Waals surface area contributed by atoms with E-state index in [1.807, 2.05) is 56.5 Å². The van der Waals surface area contributed by atoms with Crippen molar-refractivity contribution in [3.05, 3.63) is 86.2 Å². The number of amides is 2. The molecule has 0 saturated carbocycles. The molecule has 1 aliphatic heterocycles. The van der Waals surface area contributed by atoms with E-state index < -0.39 is 16.7 Å². The molecule has 1 aromatic heterocycles. The molecule has 0 bridgehead atoms. The number of benzene rings is 2. The predicted molar refractivity (Wildman–Crippen MR) is 141 cm³/mol. The second-order valence-corrected chi connectivity index (χ2v) is 8.97. The highest BCUT2D eigenvalue weighted by Crippen LogP contribution is 2.32. The number of anilines is 1. The number of nitro groups is 1. The van der Waals surface area contributed by atoms with Gasteiger partial charge in [-0.15, -0.1) is 0 Å². The summed E-state index contributed by atoms with van der Waals surface area (Å²) >= 11 is 5.32. The zero-order valence-corrected chi connectivity index (χ0v) is 21.2. The monoisotopic (exact) mass is 504 g/mol. The van der Waals surface area contributed by atoms with Crippen LogP contribution in [0.4, 0.5) is 11.4 Å². The number of ether oxygens (including phenoxy) is 1. The number of hydrogen-bond acceptors (Lipinski definition) is 6. The Balaban J connectivity index is 1.79. The molecule has 4 rings (SSSR count). The number of rotatable bonds is 5. The summed E-state index contributed by atoms with van der Waals surface area (Å²) in [7, 11) is 1.44. The summed E-state index contributed by atoms with van der Waals surface area (Å²) in [4.78, 5) is 38.3. The fraction of sp³-hybridized carbons (Fsp3) is 0.192. The molecule has 2 amide bonds. The molecule has 0 radical (unpaired) electrons. The van der Waals surface area contributed by atoms with Crippen molar-refractivity contribution >= 4 is 46.6 Å². The molecule has 1 aliphatic rings. The van der Waals surface area contributed by atoms with Crippen LogP contribution in [0.1, 0.15) is 28.1 Å². The number of aromatic nitrogens is 1. The maximum absolute atomic E-state index is 13.5. The lowest BCUT2D eigenvalue weighted by Crippen LogP contribution is -2.54. The highest BCUT2D eigenvalue weighted by atomic mass is 32.1. The van der Waals surface area contributed by atoms with E-state index in [-0.39, 0.29) is 16.4 Å². The first-order valence-electron chi connectivity index (χ1n) is 11.0. The van der Waals surface area contributed by atoms with Gasteiger partial charge >= 0.3 is 0 Å². The van der Waals surface area contributed by atoms with Gasteiger partial charge in [0.25, 0.3) is 17.5 Å². The minimum absolute atomic E-state index is 0.0215. The predicted octanol–water partition coefficient (Wildman–Crippen LogP) is 4.46. The lowest BCUT2D eigenvalue weighted by atomic mass is 10.1. The minimum Gasteiger partial charge on any atom is -0.494 e. The Labute approximate surface area is 213 Å². The quantitative estimate of drug-likeness (QED) is 0.181. The molecule has 0 aliphatic carbocycles. The summed E-state index contributed by atoms with van der Waals surface area (Å²) in [6.45, 7) is 7.53. The van der Waals surface area contributed by atoms with Crippen molar-refractivity contribution in [1.29, 1.82) is 0 Å². The van der Waals surface area contributed by atoms with Gasteiger partial charge in [-0.1, -0.05) is 6.07 Å². The standard InChI is InChI=1S/C26H24N4O5S/c1-14-8-15(2)10-20(9-14)29-25(32)21(24(31)27-26(29)36)12-18-11-16(3)28(17(18)4)22-7-6-19(30(33)34)13-23(22)35-5/h6-13H,1-5H3,(H,27,31,36)/b21-12+. The molecule has 0 unspecified atom stereocenters. The first-order chi connectivity index (χ1) is 17.0. The van der Waals surface area contributed by atoms with E-state index in [0.717, 1.165) is 22.5 Å². The van der Waals surface area contributed by atoms with Gasteiger partial charge in [-0.05, 0) is 86.9 Å². The summed E-state index contributed by atoms with van der Waals surface area (Å²) in [6, 6.07) is 11.8. The van der Waals surface area contributed by atoms with Gasteiger partial charge in [0.2, 0.25) is 0 Å². The highest BCUT2D eigenvalue weighted by Gasteiger charge is 2.35. The molecular weight excluding hydrogens is 480 g/mol. The number of thiocarbonyl (C=S) groups is 1. The van der Waals surface area contributed by atoms with Crippen LogP contribution < -0.4 is 15.0 Å². The fourth-order valence-corrected chi connectivity index (χ4v) is 4.68. The molecule has 0 spiro atoms. The SMILES string of the molecule is COc1cc([N+](=O)[O-])ccc1-n1c(C)cc(/C=C2\C(=O)NC(=S)N(c3cc(C)cc(C)c3)C2=O)c1C. The number of carbonyl (C=O) groups excluding carboxylic acids is 2. The van der Waals surface area contributed by atoms with Crippen LogP contribution in [0.5, 0.6) is 5.75 Å². The average Bonchev–Trinajstić information content (AvgIpc) is 3.07. The van der Waals surface area contributed by atoms with Gasteiger partial charge in [-0.3, -0.25) is 29.9 Å². The van der Waals surface area contributed by atoms with Gasteiger partial charge in [0.1, 0.15) is 11.3 Å². The van der Waals surface area contributed by atoms with Crippen molar-refractivity contribution in [2.75, 3.05) is 12.0 Å². The molecule has 1 N–H and O–H groups in total. The first kappa shape index (κ1) is 24.8. The van der Waals surface area contributed by atoms with Gasteiger partial charge in [0, 0.05) is 17.5 Å². The van der Waals surface area contributed by atoms with E-state index in [9.17, 15) is 19.7 Å². The van der Waals surface area contributed by atoms with Gasteiger partial charge < -0.3 is 9.30 Å². The summed E-state index contributed by atoms with van der Waals surface area (Å²) in [5, 5.41) is 13.8. The maximum Gasteiger partial charge on any atom is 0.273 e. The summed E-state index contributed by atoms with van der Waals surface area (Å²) in [5.41, 5.74) is 5.10. The van der Waals surface area contributed by atoms with Crippen LogP contribution in [-0.2, 0) is 9.59 Å². The van der Waals surface area contributed by atoms with Crippen molar-refractivity contribution in [3.8, 4) is 11.4 Å². The summed E-state index contributed by atoms with van der Waals surface area (Å²) in [6.07, 6.45) is 1.53. The Morgan fingerprint density at radius 3 is 2.31 bits per heavy atom. The van der Waals surface area contributed by atoms with Crippen LogP contribution in [0.25, 0.3) is 11.8 Å². The normalized spacial score (nSPS) is 14.9. The first-order valence-corrected chi connectivity index (χ1v) is 11.4. The third-order valence-electron chi connectivity index (χ3n) is 5.95. The van der Waals surface area contributed by atoms with Crippen LogP contribution in [0.3, 0.4) is 0 Å². The van der Waals surface area contributed by atoms with E-state index >= 15 is 0 Å². The largest absolute Gasteiger partial charge is 0.494 e. The molecule has 10 heteroatoms. The number of nitro benzene ring substituents is 1. The summed E-state index contributed by atoms with van der Waals surface area (Å²) in [5.74, 6) is -0.780. The van der Waals surface area contributed by atoms with Crippen LogP contribution in [0, 0.1) is 37.8 Å². The second kappa shape index (κ2) is 9.38. The topological polar surface area (TPSA) is 107 Å². The minimum atomic E-state index is -0.580. The molecule has 1 fully saturated rings. The highest BCUT2D eigenvalue weighted by molar-refractivity contribution is 7.80. The van der Waals surface area contributed by atoms with Gasteiger partial charge in [-0.2, -0.15) is 0 Å². The third kappa shape index (κ3) is 4.38. The van der Waals surface area contributed by atoms with Crippen LogP contribution in [0.15, 0.2) is 48.0 Å².